The number of benzene rings is 1. The molecule has 7 nitrogen and oxygen atoms in total. The summed E-state index contributed by atoms with van der Waals surface area (Å²) in [6.45, 7) is 6.22. The van der Waals surface area contributed by atoms with Gasteiger partial charge < -0.3 is 25.0 Å². The fraction of sp³-hybridized carbons (Fsp3) is 0.733. The molecular weight excluding hydrogens is 466 g/mol. The molecule has 3 aliphatic rings. The minimum atomic E-state index is -0.304. The molecule has 3 atom stereocenters. The number of carbonyl (C=O) groups is 2. The van der Waals surface area contributed by atoms with Gasteiger partial charge in [-0.1, -0.05) is 51.5 Å². The van der Waals surface area contributed by atoms with Crippen molar-refractivity contribution in [2.75, 3.05) is 38.6 Å². The van der Waals surface area contributed by atoms with Gasteiger partial charge >= 0.3 is 0 Å². The highest BCUT2D eigenvalue weighted by molar-refractivity contribution is 6.02. The highest BCUT2D eigenvalue weighted by atomic mass is 16.5. The number of nitrogens with zero attached hydrogens (tertiary/aromatic N) is 2. The van der Waals surface area contributed by atoms with E-state index >= 15 is 0 Å². The van der Waals surface area contributed by atoms with Crippen LogP contribution in [0.4, 0.5) is 5.69 Å². The maximum Gasteiger partial charge on any atom is 0.258 e. The van der Waals surface area contributed by atoms with E-state index in [9.17, 15) is 14.7 Å². The van der Waals surface area contributed by atoms with Crippen LogP contribution < -0.4 is 10.1 Å². The number of para-hydroxylation sites is 1. The lowest BCUT2D eigenvalue weighted by Gasteiger charge is -2.39. The quantitative estimate of drug-likeness (QED) is 0.515. The molecule has 1 aliphatic heterocycles. The van der Waals surface area contributed by atoms with Crippen LogP contribution in [0.25, 0.3) is 0 Å². The summed E-state index contributed by atoms with van der Waals surface area (Å²) >= 11 is 0. The number of aliphatic hydroxyl groups excluding tert-OH is 1. The molecule has 2 N–H and O–H groups in total. The van der Waals surface area contributed by atoms with E-state index in [1.54, 1.807) is 11.0 Å². The topological polar surface area (TPSA) is 82.1 Å². The fourth-order valence-corrected chi connectivity index (χ4v) is 6.35. The number of anilines is 1. The Bertz CT molecular complexity index is 910. The maximum absolute atomic E-state index is 13.7. The Morgan fingerprint density at radius 1 is 1.11 bits per heavy atom. The summed E-state index contributed by atoms with van der Waals surface area (Å²) < 4.78 is 6.69. The van der Waals surface area contributed by atoms with Crippen molar-refractivity contribution >= 4 is 17.5 Å². The van der Waals surface area contributed by atoms with Crippen LogP contribution in [0.5, 0.6) is 5.75 Å². The van der Waals surface area contributed by atoms with Gasteiger partial charge in [0, 0.05) is 31.5 Å². The van der Waals surface area contributed by atoms with Gasteiger partial charge in [-0.05, 0) is 57.7 Å². The monoisotopic (exact) mass is 513 g/mol. The van der Waals surface area contributed by atoms with Crippen molar-refractivity contribution in [2.24, 2.45) is 17.8 Å². The highest BCUT2D eigenvalue weighted by Gasteiger charge is 2.35. The molecular formula is C30H47N3O4. The second-order valence-corrected chi connectivity index (χ2v) is 11.9. The zero-order valence-electron chi connectivity index (χ0n) is 23.1. The summed E-state index contributed by atoms with van der Waals surface area (Å²) in [6, 6.07) is 5.14. The Morgan fingerprint density at radius 2 is 1.78 bits per heavy atom. The lowest BCUT2D eigenvalue weighted by Crippen LogP contribution is -2.50. The maximum atomic E-state index is 13.7. The van der Waals surface area contributed by atoms with Gasteiger partial charge in [0.1, 0.15) is 6.10 Å². The molecule has 0 unspecified atom stereocenters. The van der Waals surface area contributed by atoms with Crippen molar-refractivity contribution in [3.05, 3.63) is 23.8 Å². The van der Waals surface area contributed by atoms with Gasteiger partial charge in [-0.3, -0.25) is 9.59 Å². The molecule has 0 radical (unpaired) electrons. The van der Waals surface area contributed by atoms with Crippen LogP contribution in [0.15, 0.2) is 18.2 Å². The number of amides is 2. The lowest BCUT2D eigenvalue weighted by atomic mass is 9.88. The van der Waals surface area contributed by atoms with Crippen molar-refractivity contribution in [3.63, 3.8) is 0 Å². The van der Waals surface area contributed by atoms with Crippen molar-refractivity contribution in [1.82, 2.24) is 9.80 Å². The molecule has 2 fully saturated rings. The number of aliphatic hydroxyl groups is 1. The molecule has 4 rings (SSSR count). The molecule has 1 aromatic rings. The summed E-state index contributed by atoms with van der Waals surface area (Å²) in [5, 5.41) is 13.0. The number of carbonyl (C=O) groups excluding carboxylic acids is 2. The summed E-state index contributed by atoms with van der Waals surface area (Å²) in [5.74, 6) is 1.12. The number of fused-ring (bicyclic) bond motifs is 1. The molecule has 1 heterocycles. The third kappa shape index (κ3) is 7.05. The van der Waals surface area contributed by atoms with Gasteiger partial charge in [-0.25, -0.2) is 0 Å². The van der Waals surface area contributed by atoms with E-state index in [4.69, 9.17) is 4.74 Å². The number of hydrogen-bond acceptors (Lipinski definition) is 5. The van der Waals surface area contributed by atoms with Crippen LogP contribution in [0, 0.1) is 17.8 Å². The van der Waals surface area contributed by atoms with Crippen LogP contribution in [-0.2, 0) is 4.79 Å². The average molecular weight is 514 g/mol. The van der Waals surface area contributed by atoms with Crippen LogP contribution >= 0.6 is 0 Å². The molecule has 2 saturated carbocycles. The molecule has 206 valence electrons. The molecule has 2 amide bonds. The van der Waals surface area contributed by atoms with Crippen molar-refractivity contribution < 1.29 is 19.4 Å². The van der Waals surface area contributed by atoms with Crippen molar-refractivity contribution in [3.8, 4) is 5.75 Å². The molecule has 37 heavy (non-hydrogen) atoms. The Morgan fingerprint density at radius 3 is 2.46 bits per heavy atom. The molecule has 0 saturated heterocycles. The van der Waals surface area contributed by atoms with E-state index in [-0.39, 0.29) is 42.4 Å². The van der Waals surface area contributed by atoms with Gasteiger partial charge in [0.15, 0.2) is 5.75 Å². The number of likely N-dealkylation sites (N-methyl/N-ethyl adjacent to an activating group) is 1. The SMILES string of the molecule is C[C@@H]1CN([C@H](C)CO)C(=O)c2cccc(NC(=O)C3CCCCC3)c2O[C@@H]1CN(C)CC1CCCCC1. The summed E-state index contributed by atoms with van der Waals surface area (Å²) in [6.07, 6.45) is 11.6. The van der Waals surface area contributed by atoms with E-state index in [0.29, 0.717) is 23.5 Å². The first kappa shape index (κ1) is 27.9. The van der Waals surface area contributed by atoms with Gasteiger partial charge in [-0.15, -0.1) is 0 Å². The first-order valence-electron chi connectivity index (χ1n) is 14.6. The van der Waals surface area contributed by atoms with Gasteiger partial charge in [0.2, 0.25) is 5.91 Å². The van der Waals surface area contributed by atoms with Crippen LogP contribution in [0.1, 0.15) is 88.4 Å². The number of ether oxygens (including phenoxy) is 1. The van der Waals surface area contributed by atoms with E-state index in [0.717, 1.165) is 44.7 Å². The summed E-state index contributed by atoms with van der Waals surface area (Å²) in [7, 11) is 2.17. The zero-order chi connectivity index (χ0) is 26.4. The van der Waals surface area contributed by atoms with Gasteiger partial charge in [0.25, 0.3) is 5.91 Å². The normalized spacial score (nSPS) is 24.7. The predicted molar refractivity (Wildman–Crippen MR) is 147 cm³/mol. The van der Waals surface area contributed by atoms with E-state index in [2.05, 4.69) is 24.2 Å². The lowest BCUT2D eigenvalue weighted by molar-refractivity contribution is -0.120. The zero-order valence-corrected chi connectivity index (χ0v) is 23.1. The summed E-state index contributed by atoms with van der Waals surface area (Å²) in [5.41, 5.74) is 1.03. The first-order chi connectivity index (χ1) is 17.9. The molecule has 0 aromatic heterocycles. The standard InChI is InChI=1S/C30H47N3O4/c1-21-17-33(22(2)20-34)30(36)25-15-10-16-26(31-29(35)24-13-8-5-9-14-24)28(25)37-27(21)19-32(3)18-23-11-6-4-7-12-23/h10,15-16,21-24,27,34H,4-9,11-14,17-20H2,1-3H3,(H,31,35)/t21-,22-,27-/m1/s1. The fourth-order valence-electron chi connectivity index (χ4n) is 6.35. The van der Waals surface area contributed by atoms with Crippen LogP contribution in [0.3, 0.4) is 0 Å². The van der Waals surface area contributed by atoms with Gasteiger partial charge in [0.05, 0.1) is 23.9 Å². The first-order valence-corrected chi connectivity index (χ1v) is 14.6. The number of rotatable bonds is 8. The minimum absolute atomic E-state index is 0.0103. The van der Waals surface area contributed by atoms with Crippen molar-refractivity contribution in [1.29, 1.82) is 0 Å². The highest BCUT2D eigenvalue weighted by Crippen LogP contribution is 2.36. The summed E-state index contributed by atoms with van der Waals surface area (Å²) in [4.78, 5) is 31.0. The van der Waals surface area contributed by atoms with E-state index < -0.39 is 0 Å². The third-order valence-electron chi connectivity index (χ3n) is 8.71. The second kappa shape index (κ2) is 13.1. The van der Waals surface area contributed by atoms with Crippen molar-refractivity contribution in [2.45, 2.75) is 90.2 Å². The smallest absolute Gasteiger partial charge is 0.258 e. The second-order valence-electron chi connectivity index (χ2n) is 11.9. The van der Waals surface area contributed by atoms with Gasteiger partial charge in [-0.2, -0.15) is 0 Å². The Balaban J connectivity index is 1.60. The molecule has 0 bridgehead atoms. The van der Waals surface area contributed by atoms with Crippen LogP contribution in [0.2, 0.25) is 0 Å². The Kier molecular flexibility index (Phi) is 9.88. The largest absolute Gasteiger partial charge is 0.486 e. The number of nitrogens with one attached hydrogen (secondary N) is 1. The minimum Gasteiger partial charge on any atom is -0.486 e. The number of hydrogen-bond donors (Lipinski definition) is 2. The third-order valence-corrected chi connectivity index (χ3v) is 8.71. The molecule has 0 spiro atoms. The Hall–Kier alpha value is -2.12. The molecule has 1 aromatic carbocycles. The Labute approximate surface area is 222 Å². The molecule has 7 heteroatoms. The van der Waals surface area contributed by atoms with E-state index in [1.807, 2.05) is 19.1 Å². The van der Waals surface area contributed by atoms with E-state index in [1.165, 1.54) is 38.5 Å². The van der Waals surface area contributed by atoms with Crippen LogP contribution in [-0.4, -0.2) is 72.2 Å². The average Bonchev–Trinajstić information content (AvgIpc) is 2.91. The predicted octanol–water partition coefficient (Wildman–Crippen LogP) is 4.94. The molecule has 2 aliphatic carbocycles.